The summed E-state index contributed by atoms with van der Waals surface area (Å²) in [6, 6.07) is 47.2. The lowest BCUT2D eigenvalue weighted by Gasteiger charge is -2.36. The fourth-order valence-corrected chi connectivity index (χ4v) is 8.23. The van der Waals surface area contributed by atoms with Crippen molar-refractivity contribution in [2.24, 2.45) is 0 Å². The number of aryl methyl sites for hydroxylation is 1. The molecule has 3 heterocycles. The van der Waals surface area contributed by atoms with Gasteiger partial charge in [0.1, 0.15) is 17.4 Å². The summed E-state index contributed by atoms with van der Waals surface area (Å²) >= 11 is 0. The Hall–Kier alpha value is -5.73. The second kappa shape index (κ2) is 13.8. The van der Waals surface area contributed by atoms with Crippen molar-refractivity contribution < 1.29 is 13.2 Å². The van der Waals surface area contributed by atoms with Gasteiger partial charge in [-0.05, 0) is 71.6 Å². The molecule has 1 aliphatic heterocycles. The third kappa shape index (κ3) is 6.24. The van der Waals surface area contributed by atoms with Gasteiger partial charge in [-0.2, -0.15) is 5.10 Å². The van der Waals surface area contributed by atoms with E-state index in [2.05, 4.69) is 138 Å². The maximum atomic E-state index is 11.9. The minimum Gasteiger partial charge on any atom is -0.490 e. The Morgan fingerprint density at radius 3 is 1.87 bits per heavy atom. The predicted octanol–water partition coefficient (Wildman–Crippen LogP) is 8.70. The molecule has 7 aromatic rings. The number of nitrogens with zero attached hydrogens (tertiary/aromatic N) is 4. The summed E-state index contributed by atoms with van der Waals surface area (Å²) in [6.45, 7) is 3.76. The Morgan fingerprint density at radius 2 is 1.31 bits per heavy atom. The zero-order chi connectivity index (χ0) is 35.7. The van der Waals surface area contributed by atoms with E-state index >= 15 is 0 Å². The molecule has 2 aromatic heterocycles. The van der Waals surface area contributed by atoms with Crippen molar-refractivity contribution in [3.63, 3.8) is 0 Å². The number of fused-ring (bicyclic) bond motifs is 1. The van der Waals surface area contributed by atoms with Crippen LogP contribution in [0.15, 0.2) is 157 Å². The lowest BCUT2D eigenvalue weighted by molar-refractivity contribution is 0.171. The summed E-state index contributed by atoms with van der Waals surface area (Å²) in [5.41, 5.74) is 7.89. The van der Waals surface area contributed by atoms with Gasteiger partial charge in [-0.1, -0.05) is 97.1 Å². The fourth-order valence-electron chi connectivity index (χ4n) is 7.60. The Balaban J connectivity index is 1.13. The average molecular weight is 705 g/mol. The van der Waals surface area contributed by atoms with Crippen LogP contribution in [0.1, 0.15) is 35.2 Å². The largest absolute Gasteiger partial charge is 0.490 e. The molecule has 0 aliphatic carbocycles. The van der Waals surface area contributed by atoms with Crippen molar-refractivity contribution in [1.82, 2.24) is 14.8 Å². The lowest BCUT2D eigenvalue weighted by Crippen LogP contribution is -2.38. The highest BCUT2D eigenvalue weighted by Crippen LogP contribution is 2.42. The van der Waals surface area contributed by atoms with Crippen molar-refractivity contribution in [3.8, 4) is 16.9 Å². The summed E-state index contributed by atoms with van der Waals surface area (Å²) < 4.78 is 32.1. The van der Waals surface area contributed by atoms with Gasteiger partial charge < -0.3 is 9.64 Å². The molecule has 0 amide bonds. The van der Waals surface area contributed by atoms with Gasteiger partial charge in [-0.15, -0.1) is 0 Å². The van der Waals surface area contributed by atoms with Crippen molar-refractivity contribution in [3.05, 3.63) is 174 Å². The third-order valence-corrected chi connectivity index (χ3v) is 11.3. The first-order valence-electron chi connectivity index (χ1n) is 17.6. The zero-order valence-corrected chi connectivity index (χ0v) is 30.1. The van der Waals surface area contributed by atoms with E-state index < -0.39 is 15.4 Å². The maximum absolute atomic E-state index is 11.9. The van der Waals surface area contributed by atoms with Gasteiger partial charge >= 0.3 is 0 Å². The fraction of sp³-hybridized carbons (Fsp3) is 0.182. The molecule has 0 bridgehead atoms. The van der Waals surface area contributed by atoms with Crippen LogP contribution in [0.5, 0.6) is 5.75 Å². The molecule has 8 rings (SSSR count). The maximum Gasteiger partial charge on any atom is 0.175 e. The SMILES string of the molecule is Cc1nn(C(c2ccccc2)(c2ccccc2)c2ccccc2)cc1-c1ccc2nccc(N3CCC(Oc4ccc(S(C)(=O)=O)cc4)CC3)c2c1. The third-order valence-electron chi connectivity index (χ3n) is 10.2. The molecule has 8 heteroatoms. The van der Waals surface area contributed by atoms with Crippen LogP contribution in [0.25, 0.3) is 22.0 Å². The molecule has 0 atom stereocenters. The Labute approximate surface area is 305 Å². The molecule has 1 aliphatic rings. The molecular formula is C44H40N4O3S. The van der Waals surface area contributed by atoms with Crippen molar-refractivity contribution in [1.29, 1.82) is 0 Å². The summed E-state index contributed by atoms with van der Waals surface area (Å²) in [6.07, 6.45) is 7.06. The highest BCUT2D eigenvalue weighted by Gasteiger charge is 2.39. The molecule has 7 nitrogen and oxygen atoms in total. The Kier molecular flexibility index (Phi) is 8.85. The smallest absolute Gasteiger partial charge is 0.175 e. The minimum atomic E-state index is -3.24. The monoisotopic (exact) mass is 704 g/mol. The van der Waals surface area contributed by atoms with E-state index in [1.807, 2.05) is 6.20 Å². The van der Waals surface area contributed by atoms with Crippen molar-refractivity contribution in [2.45, 2.75) is 36.3 Å². The van der Waals surface area contributed by atoms with E-state index in [9.17, 15) is 8.42 Å². The number of pyridine rings is 1. The summed E-state index contributed by atoms with van der Waals surface area (Å²) in [5.74, 6) is 0.691. The van der Waals surface area contributed by atoms with Crippen LogP contribution in [0.3, 0.4) is 0 Å². The first kappa shape index (κ1) is 33.4. The molecule has 52 heavy (non-hydrogen) atoms. The molecule has 1 saturated heterocycles. The van der Waals surface area contributed by atoms with Gasteiger partial charge in [0.05, 0.1) is 16.1 Å². The number of benzene rings is 5. The highest BCUT2D eigenvalue weighted by atomic mass is 32.2. The molecule has 0 N–H and O–H groups in total. The van der Waals surface area contributed by atoms with E-state index in [4.69, 9.17) is 14.8 Å². The van der Waals surface area contributed by atoms with E-state index in [0.717, 1.165) is 76.0 Å². The summed E-state index contributed by atoms with van der Waals surface area (Å²) in [4.78, 5) is 7.45. The minimum absolute atomic E-state index is 0.0524. The molecule has 0 radical (unpaired) electrons. The number of hydrogen-bond donors (Lipinski definition) is 0. The quantitative estimate of drug-likeness (QED) is 0.140. The first-order valence-corrected chi connectivity index (χ1v) is 19.5. The number of sulfone groups is 1. The van der Waals surface area contributed by atoms with Crippen LogP contribution >= 0.6 is 0 Å². The van der Waals surface area contributed by atoms with Crippen LogP contribution in [-0.2, 0) is 15.4 Å². The van der Waals surface area contributed by atoms with Gasteiger partial charge in [0.2, 0.25) is 0 Å². The van der Waals surface area contributed by atoms with Gasteiger partial charge in [-0.3, -0.25) is 9.67 Å². The van der Waals surface area contributed by atoms with Gasteiger partial charge in [0.25, 0.3) is 0 Å². The van der Waals surface area contributed by atoms with Crippen LogP contribution in [0, 0.1) is 6.92 Å². The molecule has 1 fully saturated rings. The van der Waals surface area contributed by atoms with E-state index in [0.29, 0.717) is 10.6 Å². The van der Waals surface area contributed by atoms with Crippen molar-refractivity contribution >= 4 is 26.4 Å². The molecule has 0 unspecified atom stereocenters. The Bertz CT molecular complexity index is 2330. The topological polar surface area (TPSA) is 77.3 Å². The second-order valence-corrected chi connectivity index (χ2v) is 15.5. The van der Waals surface area contributed by atoms with Crippen molar-refractivity contribution in [2.75, 3.05) is 24.2 Å². The van der Waals surface area contributed by atoms with Crippen LogP contribution in [-0.4, -0.2) is 48.6 Å². The molecule has 0 saturated carbocycles. The standard InChI is InChI=1S/C44H40N4O3S/c1-32-41(31-48(46-32)44(34-12-6-3-7-13-34,35-14-8-4-9-15-35)36-16-10-5-11-17-36)33-18-23-42-40(30-33)43(24-27-45-42)47-28-25-38(26-29-47)51-37-19-21-39(22-20-37)52(2,49)50/h3-24,27,30-31,38H,25-26,28-29H2,1-2H3. The number of hydrogen-bond acceptors (Lipinski definition) is 6. The second-order valence-electron chi connectivity index (χ2n) is 13.5. The lowest BCUT2D eigenvalue weighted by atomic mass is 9.77. The first-order chi connectivity index (χ1) is 25.3. The molecular weight excluding hydrogens is 665 g/mol. The normalized spacial score (nSPS) is 14.1. The highest BCUT2D eigenvalue weighted by molar-refractivity contribution is 7.90. The molecule has 5 aromatic carbocycles. The van der Waals surface area contributed by atoms with Gasteiger partial charge in [0.15, 0.2) is 9.84 Å². The summed E-state index contributed by atoms with van der Waals surface area (Å²) in [7, 11) is -3.24. The van der Waals surface area contributed by atoms with E-state index in [-0.39, 0.29) is 6.10 Å². The summed E-state index contributed by atoms with van der Waals surface area (Å²) in [5, 5.41) is 6.39. The zero-order valence-electron chi connectivity index (χ0n) is 29.3. The number of piperidine rings is 1. The van der Waals surface area contributed by atoms with Crippen LogP contribution < -0.4 is 9.64 Å². The molecule has 0 spiro atoms. The van der Waals surface area contributed by atoms with Gasteiger partial charge in [-0.25, -0.2) is 8.42 Å². The van der Waals surface area contributed by atoms with Gasteiger partial charge in [0, 0.05) is 61.2 Å². The number of aromatic nitrogens is 3. The number of ether oxygens (including phenoxy) is 1. The van der Waals surface area contributed by atoms with E-state index in [1.165, 1.54) is 6.26 Å². The Morgan fingerprint density at radius 1 is 0.731 bits per heavy atom. The predicted molar refractivity (Wildman–Crippen MR) is 208 cm³/mol. The number of rotatable bonds is 9. The average Bonchev–Trinajstić information content (AvgIpc) is 3.57. The van der Waals surface area contributed by atoms with E-state index in [1.54, 1.807) is 24.3 Å². The number of anilines is 1. The van der Waals surface area contributed by atoms with Crippen LogP contribution in [0.4, 0.5) is 5.69 Å². The molecule has 260 valence electrons. The van der Waals surface area contributed by atoms with Crippen LogP contribution in [0.2, 0.25) is 0 Å².